The van der Waals surface area contributed by atoms with Crippen LogP contribution in [0.15, 0.2) is 0 Å². The van der Waals surface area contributed by atoms with Gasteiger partial charge in [0.15, 0.2) is 5.60 Å². The van der Waals surface area contributed by atoms with Gasteiger partial charge in [0.1, 0.15) is 0 Å². The first-order valence-corrected chi connectivity index (χ1v) is 6.11. The molecule has 3 unspecified atom stereocenters. The molecule has 0 aromatic carbocycles. The fourth-order valence-corrected chi connectivity index (χ4v) is 2.11. The summed E-state index contributed by atoms with van der Waals surface area (Å²) in [6.45, 7) is 4.94. The third-order valence-electron chi connectivity index (χ3n) is 3.57. The van der Waals surface area contributed by atoms with E-state index in [-0.39, 0.29) is 6.54 Å². The Morgan fingerprint density at radius 3 is 2.82 bits per heavy atom. The number of rotatable bonds is 4. The van der Waals surface area contributed by atoms with Crippen LogP contribution in [0, 0.1) is 0 Å². The lowest BCUT2D eigenvalue weighted by molar-refractivity contribution is -0.160. The third-order valence-corrected chi connectivity index (χ3v) is 3.57. The van der Waals surface area contributed by atoms with Gasteiger partial charge in [-0.15, -0.1) is 0 Å². The van der Waals surface area contributed by atoms with Gasteiger partial charge in [-0.25, -0.2) is 4.79 Å². The molecule has 0 aromatic rings. The van der Waals surface area contributed by atoms with Crippen LogP contribution in [0.4, 0.5) is 0 Å². The maximum absolute atomic E-state index is 11.3. The molecule has 0 spiro atoms. The highest BCUT2D eigenvalue weighted by atomic mass is 16.5. The van der Waals surface area contributed by atoms with Crippen LogP contribution >= 0.6 is 0 Å². The molecule has 0 bridgehead atoms. The molecule has 0 saturated carbocycles. The maximum atomic E-state index is 11.3. The number of likely N-dealkylation sites (tertiary alicyclic amines) is 1. The number of nitrogens with zero attached hydrogens (tertiary/aromatic N) is 1. The minimum Gasteiger partial charge on any atom is -0.467 e. The van der Waals surface area contributed by atoms with Crippen molar-refractivity contribution in [3.8, 4) is 0 Å². The molecule has 100 valence electrons. The molecule has 1 rings (SSSR count). The van der Waals surface area contributed by atoms with Crippen molar-refractivity contribution in [1.29, 1.82) is 0 Å². The number of ether oxygens (including phenoxy) is 1. The molecule has 17 heavy (non-hydrogen) atoms. The van der Waals surface area contributed by atoms with Gasteiger partial charge < -0.3 is 20.1 Å². The zero-order valence-electron chi connectivity index (χ0n) is 11.2. The molecule has 1 heterocycles. The van der Waals surface area contributed by atoms with Crippen molar-refractivity contribution >= 4 is 5.97 Å². The first kappa shape index (κ1) is 14.4. The maximum Gasteiger partial charge on any atom is 0.338 e. The fraction of sp³-hybridized carbons (Fsp3) is 0.917. The van der Waals surface area contributed by atoms with Crippen LogP contribution in [-0.4, -0.2) is 60.9 Å². The van der Waals surface area contributed by atoms with Crippen LogP contribution in [0.5, 0.6) is 0 Å². The molecular formula is C12H24N2O3. The number of carbonyl (C=O) groups excluding carboxylic acids is 1. The quantitative estimate of drug-likeness (QED) is 0.681. The topological polar surface area (TPSA) is 61.8 Å². The van der Waals surface area contributed by atoms with Crippen LogP contribution < -0.4 is 5.32 Å². The Kier molecular flexibility index (Phi) is 4.91. The Morgan fingerprint density at radius 1 is 1.65 bits per heavy atom. The molecule has 0 radical (unpaired) electrons. The lowest BCUT2D eigenvalue weighted by Gasteiger charge is -2.36. The van der Waals surface area contributed by atoms with E-state index in [0.29, 0.717) is 12.1 Å². The van der Waals surface area contributed by atoms with Gasteiger partial charge in [-0.3, -0.25) is 0 Å². The summed E-state index contributed by atoms with van der Waals surface area (Å²) in [4.78, 5) is 13.6. The van der Waals surface area contributed by atoms with Crippen molar-refractivity contribution in [3.05, 3.63) is 0 Å². The number of esters is 1. The van der Waals surface area contributed by atoms with E-state index in [9.17, 15) is 9.90 Å². The van der Waals surface area contributed by atoms with E-state index in [2.05, 4.69) is 28.9 Å². The lowest BCUT2D eigenvalue weighted by Crippen LogP contribution is -2.52. The fourth-order valence-electron chi connectivity index (χ4n) is 2.11. The SMILES string of the molecule is COC(=O)C(C)(O)CNC1CCN(C)C(C)C1. The van der Waals surface area contributed by atoms with Crippen LogP contribution in [0.3, 0.4) is 0 Å². The van der Waals surface area contributed by atoms with E-state index in [1.807, 2.05) is 0 Å². The molecule has 1 aliphatic heterocycles. The van der Waals surface area contributed by atoms with Gasteiger partial charge in [-0.2, -0.15) is 0 Å². The number of aliphatic hydroxyl groups is 1. The summed E-state index contributed by atoms with van der Waals surface area (Å²) in [5.74, 6) is -0.592. The lowest BCUT2D eigenvalue weighted by atomic mass is 9.98. The second-order valence-corrected chi connectivity index (χ2v) is 5.20. The van der Waals surface area contributed by atoms with Crippen molar-refractivity contribution < 1.29 is 14.6 Å². The van der Waals surface area contributed by atoms with Crippen molar-refractivity contribution in [2.45, 2.75) is 44.4 Å². The van der Waals surface area contributed by atoms with Crippen LogP contribution in [0.2, 0.25) is 0 Å². The molecule has 5 heteroatoms. The predicted octanol–water partition coefficient (Wildman–Crippen LogP) is -0.0173. The average Bonchev–Trinajstić information content (AvgIpc) is 2.29. The number of nitrogens with one attached hydrogen (secondary N) is 1. The van der Waals surface area contributed by atoms with E-state index in [0.717, 1.165) is 19.4 Å². The van der Waals surface area contributed by atoms with E-state index < -0.39 is 11.6 Å². The van der Waals surface area contributed by atoms with E-state index in [1.54, 1.807) is 0 Å². The highest BCUT2D eigenvalue weighted by Gasteiger charge is 2.32. The monoisotopic (exact) mass is 244 g/mol. The molecule has 1 aliphatic rings. The minimum absolute atomic E-state index is 0.237. The van der Waals surface area contributed by atoms with Crippen LogP contribution in [0.25, 0.3) is 0 Å². The first-order valence-electron chi connectivity index (χ1n) is 6.11. The van der Waals surface area contributed by atoms with Gasteiger partial charge in [-0.05, 0) is 40.3 Å². The summed E-state index contributed by atoms with van der Waals surface area (Å²) in [7, 11) is 3.40. The second-order valence-electron chi connectivity index (χ2n) is 5.20. The smallest absolute Gasteiger partial charge is 0.338 e. The Bertz CT molecular complexity index is 268. The Labute approximate surface area is 103 Å². The summed E-state index contributed by atoms with van der Waals surface area (Å²) in [5, 5.41) is 13.1. The van der Waals surface area contributed by atoms with E-state index >= 15 is 0 Å². The highest BCUT2D eigenvalue weighted by Crippen LogP contribution is 2.16. The van der Waals surface area contributed by atoms with Gasteiger partial charge in [0.2, 0.25) is 0 Å². The van der Waals surface area contributed by atoms with Crippen molar-refractivity contribution in [2.75, 3.05) is 27.2 Å². The average molecular weight is 244 g/mol. The summed E-state index contributed by atoms with van der Waals surface area (Å²) in [6, 6.07) is 0.890. The number of methoxy groups -OCH3 is 1. The summed E-state index contributed by atoms with van der Waals surface area (Å²) < 4.78 is 4.56. The summed E-state index contributed by atoms with van der Waals surface area (Å²) >= 11 is 0. The van der Waals surface area contributed by atoms with Crippen LogP contribution in [-0.2, 0) is 9.53 Å². The largest absolute Gasteiger partial charge is 0.467 e. The van der Waals surface area contributed by atoms with Gasteiger partial charge >= 0.3 is 5.97 Å². The molecule has 3 atom stereocenters. The molecule has 0 aliphatic carbocycles. The molecule has 1 saturated heterocycles. The Balaban J connectivity index is 2.38. The molecule has 2 N–H and O–H groups in total. The van der Waals surface area contributed by atoms with Crippen molar-refractivity contribution in [1.82, 2.24) is 10.2 Å². The summed E-state index contributed by atoms with van der Waals surface area (Å²) in [5.41, 5.74) is -1.44. The van der Waals surface area contributed by atoms with Crippen molar-refractivity contribution in [3.63, 3.8) is 0 Å². The molecule has 1 fully saturated rings. The standard InChI is InChI=1S/C12H24N2O3/c1-9-7-10(5-6-14(9)3)13-8-12(2,16)11(15)17-4/h9-10,13,16H,5-8H2,1-4H3. The van der Waals surface area contributed by atoms with Gasteiger partial charge in [0, 0.05) is 18.6 Å². The molecule has 5 nitrogen and oxygen atoms in total. The number of hydrogen-bond acceptors (Lipinski definition) is 5. The van der Waals surface area contributed by atoms with Gasteiger partial charge in [0.05, 0.1) is 7.11 Å². The van der Waals surface area contributed by atoms with Gasteiger partial charge in [-0.1, -0.05) is 0 Å². The van der Waals surface area contributed by atoms with Crippen molar-refractivity contribution in [2.24, 2.45) is 0 Å². The van der Waals surface area contributed by atoms with E-state index in [1.165, 1.54) is 14.0 Å². The Hall–Kier alpha value is -0.650. The highest BCUT2D eigenvalue weighted by molar-refractivity contribution is 5.78. The molecule has 0 amide bonds. The van der Waals surface area contributed by atoms with Crippen LogP contribution in [0.1, 0.15) is 26.7 Å². The number of piperidine rings is 1. The zero-order valence-corrected chi connectivity index (χ0v) is 11.2. The number of carbonyl (C=O) groups is 1. The molecular weight excluding hydrogens is 220 g/mol. The number of hydrogen-bond donors (Lipinski definition) is 2. The zero-order chi connectivity index (χ0) is 13.1. The Morgan fingerprint density at radius 2 is 2.29 bits per heavy atom. The first-order chi connectivity index (χ1) is 7.86. The van der Waals surface area contributed by atoms with E-state index in [4.69, 9.17) is 0 Å². The second kappa shape index (κ2) is 5.80. The minimum atomic E-state index is -1.44. The normalized spacial score (nSPS) is 29.7. The molecule has 0 aromatic heterocycles. The predicted molar refractivity (Wildman–Crippen MR) is 65.8 cm³/mol. The third kappa shape index (κ3) is 3.94. The van der Waals surface area contributed by atoms with Gasteiger partial charge in [0.25, 0.3) is 0 Å². The summed E-state index contributed by atoms with van der Waals surface area (Å²) in [6.07, 6.45) is 2.08.